The zero-order valence-electron chi connectivity index (χ0n) is 13.6. The van der Waals surface area contributed by atoms with E-state index >= 15 is 0 Å². The summed E-state index contributed by atoms with van der Waals surface area (Å²) in [4.78, 5) is 13.3. The summed E-state index contributed by atoms with van der Waals surface area (Å²) in [5.41, 5.74) is 2.38. The molecule has 0 spiro atoms. The van der Waals surface area contributed by atoms with E-state index < -0.39 is 0 Å². The Morgan fingerprint density at radius 1 is 1.41 bits per heavy atom. The molecule has 1 aromatic rings. The van der Waals surface area contributed by atoms with Gasteiger partial charge in [0.2, 0.25) is 0 Å². The lowest BCUT2D eigenvalue weighted by Crippen LogP contribution is -2.45. The van der Waals surface area contributed by atoms with Gasteiger partial charge in [-0.1, -0.05) is 12.1 Å². The lowest BCUT2D eigenvalue weighted by molar-refractivity contribution is 0.0571. The lowest BCUT2D eigenvalue weighted by atomic mass is 9.93. The highest BCUT2D eigenvalue weighted by Crippen LogP contribution is 2.21. The van der Waals surface area contributed by atoms with E-state index in [1.807, 2.05) is 0 Å². The van der Waals surface area contributed by atoms with Gasteiger partial charge >= 0.3 is 6.03 Å². The van der Waals surface area contributed by atoms with Gasteiger partial charge in [-0.3, -0.25) is 0 Å². The molecule has 0 bridgehead atoms. The first-order valence-electron chi connectivity index (χ1n) is 7.85. The van der Waals surface area contributed by atoms with Crippen molar-refractivity contribution in [3.05, 3.63) is 29.3 Å². The summed E-state index contributed by atoms with van der Waals surface area (Å²) in [6.07, 6.45) is 4.12. The number of ether oxygens (including phenoxy) is 1. The third kappa shape index (κ3) is 4.92. The van der Waals surface area contributed by atoms with E-state index in [1.54, 1.807) is 11.8 Å². The maximum Gasteiger partial charge on any atom is 0.315 e. The Kier molecular flexibility index (Phi) is 6.58. The van der Waals surface area contributed by atoms with Crippen LogP contribution in [0, 0.1) is 12.8 Å². The SMILES string of the molecule is CSc1ccc(CNC(=O)N[C@H](C)C2CCOCC2)cc1C. The monoisotopic (exact) mass is 322 g/mol. The van der Waals surface area contributed by atoms with Gasteiger partial charge < -0.3 is 15.4 Å². The average Bonchev–Trinajstić information content (AvgIpc) is 2.54. The summed E-state index contributed by atoms with van der Waals surface area (Å²) < 4.78 is 5.36. The third-order valence-corrected chi connectivity index (χ3v) is 5.14. The molecule has 1 atom stereocenters. The number of benzene rings is 1. The average molecular weight is 322 g/mol. The molecule has 2 N–H and O–H groups in total. The van der Waals surface area contributed by atoms with Crippen molar-refractivity contribution in [1.82, 2.24) is 10.6 Å². The van der Waals surface area contributed by atoms with Gasteiger partial charge in [-0.2, -0.15) is 0 Å². The van der Waals surface area contributed by atoms with Crippen LogP contribution in [-0.2, 0) is 11.3 Å². The summed E-state index contributed by atoms with van der Waals surface area (Å²) in [6.45, 7) is 6.34. The Bertz CT molecular complexity index is 501. The number of hydrogen-bond acceptors (Lipinski definition) is 3. The van der Waals surface area contributed by atoms with Crippen LogP contribution in [0.3, 0.4) is 0 Å². The number of rotatable bonds is 5. The molecule has 2 rings (SSSR count). The van der Waals surface area contributed by atoms with Gasteiger partial charge in [0.15, 0.2) is 0 Å². The van der Waals surface area contributed by atoms with E-state index in [0.29, 0.717) is 12.5 Å². The van der Waals surface area contributed by atoms with Gasteiger partial charge in [-0.05, 0) is 56.1 Å². The van der Waals surface area contributed by atoms with E-state index in [9.17, 15) is 4.79 Å². The van der Waals surface area contributed by atoms with Crippen LogP contribution >= 0.6 is 11.8 Å². The normalized spacial score (nSPS) is 17.0. The molecule has 1 aliphatic heterocycles. The van der Waals surface area contributed by atoms with Crippen LogP contribution in [0.4, 0.5) is 4.79 Å². The van der Waals surface area contributed by atoms with E-state index in [-0.39, 0.29) is 12.1 Å². The number of amides is 2. The number of hydrogen-bond donors (Lipinski definition) is 2. The summed E-state index contributed by atoms with van der Waals surface area (Å²) in [6, 6.07) is 6.41. The summed E-state index contributed by atoms with van der Waals surface area (Å²) >= 11 is 1.74. The van der Waals surface area contributed by atoms with Crippen molar-refractivity contribution in [3.8, 4) is 0 Å². The molecule has 1 aromatic carbocycles. The Balaban J connectivity index is 1.78. The van der Waals surface area contributed by atoms with E-state index in [1.165, 1.54) is 10.5 Å². The molecule has 0 radical (unpaired) electrons. The highest BCUT2D eigenvalue weighted by Gasteiger charge is 2.21. The summed E-state index contributed by atoms with van der Waals surface area (Å²) in [5.74, 6) is 0.516. The predicted octanol–water partition coefficient (Wildman–Crippen LogP) is 3.33. The third-order valence-electron chi connectivity index (χ3n) is 4.24. The topological polar surface area (TPSA) is 50.4 Å². The van der Waals surface area contributed by atoms with Crippen LogP contribution in [0.2, 0.25) is 0 Å². The molecule has 2 amide bonds. The Hall–Kier alpha value is -1.20. The first-order valence-corrected chi connectivity index (χ1v) is 9.08. The molecule has 4 nitrogen and oxygen atoms in total. The number of nitrogens with one attached hydrogen (secondary N) is 2. The zero-order chi connectivity index (χ0) is 15.9. The molecule has 1 fully saturated rings. The number of thioether (sulfide) groups is 1. The highest BCUT2D eigenvalue weighted by molar-refractivity contribution is 7.98. The minimum Gasteiger partial charge on any atom is -0.381 e. The molecule has 0 aromatic heterocycles. The fourth-order valence-electron chi connectivity index (χ4n) is 2.82. The number of carbonyl (C=O) groups excluding carboxylic acids is 1. The van der Waals surface area contributed by atoms with Gasteiger partial charge in [-0.15, -0.1) is 11.8 Å². The van der Waals surface area contributed by atoms with Crippen LogP contribution in [0.5, 0.6) is 0 Å². The van der Waals surface area contributed by atoms with E-state index in [0.717, 1.165) is 31.6 Å². The Labute approximate surface area is 137 Å². The van der Waals surface area contributed by atoms with Crippen molar-refractivity contribution in [1.29, 1.82) is 0 Å². The molecule has 5 heteroatoms. The van der Waals surface area contributed by atoms with Gasteiger partial charge in [0, 0.05) is 30.7 Å². The second-order valence-electron chi connectivity index (χ2n) is 5.87. The molecular weight excluding hydrogens is 296 g/mol. The number of aryl methyl sites for hydroxylation is 1. The first kappa shape index (κ1) is 17.2. The standard InChI is InChI=1S/C17H26N2O2S/c1-12-10-14(4-5-16(12)22-3)11-18-17(20)19-13(2)15-6-8-21-9-7-15/h4-5,10,13,15H,6-9,11H2,1-3H3,(H2,18,19,20)/t13-/m1/s1. The lowest BCUT2D eigenvalue weighted by Gasteiger charge is -2.28. The molecule has 0 aliphatic carbocycles. The smallest absolute Gasteiger partial charge is 0.315 e. The van der Waals surface area contributed by atoms with Crippen molar-refractivity contribution in [2.45, 2.75) is 44.2 Å². The number of carbonyl (C=O) groups is 1. The van der Waals surface area contributed by atoms with Gasteiger partial charge in [-0.25, -0.2) is 4.79 Å². The van der Waals surface area contributed by atoms with Gasteiger partial charge in [0.05, 0.1) is 0 Å². The van der Waals surface area contributed by atoms with Gasteiger partial charge in [0.1, 0.15) is 0 Å². The molecule has 122 valence electrons. The quantitative estimate of drug-likeness (QED) is 0.818. The molecule has 1 heterocycles. The van der Waals surface area contributed by atoms with Crippen molar-refractivity contribution in [3.63, 3.8) is 0 Å². The predicted molar refractivity (Wildman–Crippen MR) is 91.3 cm³/mol. The van der Waals surface area contributed by atoms with Crippen LogP contribution in [0.15, 0.2) is 23.1 Å². The Morgan fingerprint density at radius 2 is 2.14 bits per heavy atom. The molecule has 0 unspecified atom stereocenters. The second-order valence-corrected chi connectivity index (χ2v) is 6.72. The number of urea groups is 1. The van der Waals surface area contributed by atoms with Crippen LogP contribution < -0.4 is 10.6 Å². The summed E-state index contributed by atoms with van der Waals surface area (Å²) in [7, 11) is 0. The van der Waals surface area contributed by atoms with Crippen molar-refractivity contribution < 1.29 is 9.53 Å². The minimum absolute atomic E-state index is 0.0920. The second kappa shape index (κ2) is 8.44. The van der Waals surface area contributed by atoms with E-state index in [4.69, 9.17) is 4.74 Å². The molecular formula is C17H26N2O2S. The van der Waals surface area contributed by atoms with Gasteiger partial charge in [0.25, 0.3) is 0 Å². The maximum absolute atomic E-state index is 12.0. The Morgan fingerprint density at radius 3 is 2.77 bits per heavy atom. The van der Waals surface area contributed by atoms with Crippen LogP contribution in [-0.4, -0.2) is 31.5 Å². The largest absolute Gasteiger partial charge is 0.381 e. The molecule has 0 saturated carbocycles. The molecule has 22 heavy (non-hydrogen) atoms. The zero-order valence-corrected chi connectivity index (χ0v) is 14.5. The maximum atomic E-state index is 12.0. The highest BCUT2D eigenvalue weighted by atomic mass is 32.2. The summed E-state index contributed by atoms with van der Waals surface area (Å²) in [5, 5.41) is 5.99. The van der Waals surface area contributed by atoms with Crippen molar-refractivity contribution >= 4 is 17.8 Å². The van der Waals surface area contributed by atoms with Crippen molar-refractivity contribution in [2.75, 3.05) is 19.5 Å². The fraction of sp³-hybridized carbons (Fsp3) is 0.588. The van der Waals surface area contributed by atoms with Crippen molar-refractivity contribution in [2.24, 2.45) is 5.92 Å². The molecule has 1 aliphatic rings. The minimum atomic E-state index is -0.0920. The molecule has 1 saturated heterocycles. The van der Waals surface area contributed by atoms with Crippen LogP contribution in [0.1, 0.15) is 30.9 Å². The first-order chi connectivity index (χ1) is 10.6. The van der Waals surface area contributed by atoms with Crippen LogP contribution in [0.25, 0.3) is 0 Å². The fourth-order valence-corrected chi connectivity index (χ4v) is 3.41. The van der Waals surface area contributed by atoms with E-state index in [2.05, 4.69) is 48.9 Å².